The number of Topliss-reactive ketones (excluding diaryl/α,β-unsaturated/α-hetero) is 1. The van der Waals surface area contributed by atoms with E-state index in [0.29, 0.717) is 12.1 Å². The van der Waals surface area contributed by atoms with Crippen molar-refractivity contribution in [3.8, 4) is 0 Å². The molecule has 0 aliphatic carbocycles. The van der Waals surface area contributed by atoms with Crippen LogP contribution in [0, 0.1) is 0 Å². The molecule has 1 heterocycles. The Kier molecular flexibility index (Phi) is 5.34. The molecule has 0 unspecified atom stereocenters. The first-order valence-electron chi connectivity index (χ1n) is 7.73. The Morgan fingerprint density at radius 2 is 1.58 bits per heavy atom. The second-order valence-corrected chi connectivity index (χ2v) is 6.34. The first-order chi connectivity index (χ1) is 11.7. The van der Waals surface area contributed by atoms with Crippen LogP contribution in [0.2, 0.25) is 0 Å². The fourth-order valence-electron chi connectivity index (χ4n) is 2.41. The van der Waals surface area contributed by atoms with Crippen LogP contribution in [0.1, 0.15) is 21.6 Å². The summed E-state index contributed by atoms with van der Waals surface area (Å²) in [6.07, 6.45) is 6.02. The van der Waals surface area contributed by atoms with Gasteiger partial charge in [-0.2, -0.15) is 4.57 Å². The van der Waals surface area contributed by atoms with Crippen molar-refractivity contribution in [2.75, 3.05) is 0 Å². The maximum absolute atomic E-state index is 12.5. The summed E-state index contributed by atoms with van der Waals surface area (Å²) in [7, 11) is 0. The molecule has 3 aromatic rings. The maximum Gasteiger partial charge on any atom is 0.227 e. The third kappa shape index (κ3) is 4.27. The van der Waals surface area contributed by atoms with Crippen LogP contribution < -0.4 is 4.57 Å². The molecule has 2 nitrogen and oxygen atoms in total. The highest BCUT2D eigenvalue weighted by atomic mass is 79.9. The second-order valence-electron chi connectivity index (χ2n) is 5.43. The van der Waals surface area contributed by atoms with E-state index in [4.69, 9.17) is 0 Å². The van der Waals surface area contributed by atoms with Gasteiger partial charge in [-0.1, -0.05) is 58.4 Å². The molecule has 0 aliphatic rings. The summed E-state index contributed by atoms with van der Waals surface area (Å²) in [6.45, 7) is 0.316. The van der Waals surface area contributed by atoms with E-state index < -0.39 is 0 Å². The predicted molar refractivity (Wildman–Crippen MR) is 100 cm³/mol. The van der Waals surface area contributed by atoms with Crippen molar-refractivity contribution in [3.63, 3.8) is 0 Å². The number of ketones is 1. The molecule has 0 radical (unpaired) electrons. The van der Waals surface area contributed by atoms with E-state index in [1.54, 1.807) is 0 Å². The third-order valence-corrected chi connectivity index (χ3v) is 4.23. The highest BCUT2D eigenvalue weighted by Crippen LogP contribution is 2.11. The fraction of sp³-hybridized carbons (Fsp3) is 0.0476. The molecule has 0 N–H and O–H groups in total. The molecule has 0 saturated carbocycles. The van der Waals surface area contributed by atoms with Crippen LogP contribution in [0.4, 0.5) is 0 Å². The average Bonchev–Trinajstić information content (AvgIpc) is 2.62. The summed E-state index contributed by atoms with van der Waals surface area (Å²) in [5.41, 5.74) is 2.84. The minimum Gasteiger partial charge on any atom is -0.287 e. The molecule has 0 spiro atoms. The minimum atomic E-state index is 0.0908. The first kappa shape index (κ1) is 16.3. The molecule has 3 heteroatoms. The highest BCUT2D eigenvalue weighted by molar-refractivity contribution is 9.10. The van der Waals surface area contributed by atoms with Gasteiger partial charge in [0.2, 0.25) is 18.0 Å². The van der Waals surface area contributed by atoms with Crippen molar-refractivity contribution in [1.82, 2.24) is 0 Å². The summed E-state index contributed by atoms with van der Waals surface area (Å²) >= 11 is 3.39. The summed E-state index contributed by atoms with van der Waals surface area (Å²) < 4.78 is 2.93. The number of carbonyl (C=O) groups is 1. The number of rotatable bonds is 5. The molecule has 0 bridgehead atoms. The SMILES string of the molecule is O=C(C[n+]1ccccc1/C=C/c1ccccc1)c1ccc(Br)cc1. The average molecular weight is 379 g/mol. The van der Waals surface area contributed by atoms with E-state index in [0.717, 1.165) is 15.7 Å². The van der Waals surface area contributed by atoms with Crippen LogP contribution in [0.3, 0.4) is 0 Å². The Labute approximate surface area is 150 Å². The Morgan fingerprint density at radius 1 is 0.875 bits per heavy atom. The molecule has 0 atom stereocenters. The van der Waals surface area contributed by atoms with E-state index >= 15 is 0 Å². The highest BCUT2D eigenvalue weighted by Gasteiger charge is 2.14. The minimum absolute atomic E-state index is 0.0908. The van der Waals surface area contributed by atoms with Crippen molar-refractivity contribution >= 4 is 33.9 Å². The third-order valence-electron chi connectivity index (χ3n) is 3.70. The molecule has 0 aliphatic heterocycles. The number of hydrogen-bond acceptors (Lipinski definition) is 1. The summed E-state index contributed by atoms with van der Waals surface area (Å²) in [6, 6.07) is 23.5. The number of hydrogen-bond donors (Lipinski definition) is 0. The molecule has 24 heavy (non-hydrogen) atoms. The Hall–Kier alpha value is -2.52. The topological polar surface area (TPSA) is 20.9 Å². The van der Waals surface area contributed by atoms with E-state index in [1.165, 1.54) is 0 Å². The van der Waals surface area contributed by atoms with Gasteiger partial charge in [0, 0.05) is 28.2 Å². The van der Waals surface area contributed by atoms with Crippen molar-refractivity contribution in [2.45, 2.75) is 6.54 Å². The first-order valence-corrected chi connectivity index (χ1v) is 8.52. The Morgan fingerprint density at radius 3 is 2.33 bits per heavy atom. The van der Waals surface area contributed by atoms with Gasteiger partial charge in [-0.15, -0.1) is 0 Å². The Bertz CT molecular complexity index is 855. The lowest BCUT2D eigenvalue weighted by Gasteiger charge is -2.01. The predicted octanol–water partition coefficient (Wildman–Crippen LogP) is 4.79. The number of carbonyl (C=O) groups excluding carboxylic acids is 1. The van der Waals surface area contributed by atoms with Crippen LogP contribution in [-0.2, 0) is 6.54 Å². The summed E-state index contributed by atoms with van der Waals surface area (Å²) in [4.78, 5) is 12.5. The van der Waals surface area contributed by atoms with Crippen molar-refractivity contribution in [2.24, 2.45) is 0 Å². The monoisotopic (exact) mass is 378 g/mol. The van der Waals surface area contributed by atoms with Gasteiger partial charge in [0.15, 0.2) is 6.20 Å². The van der Waals surface area contributed by atoms with Gasteiger partial charge in [0.05, 0.1) is 0 Å². The quantitative estimate of drug-likeness (QED) is 0.461. The molecular weight excluding hydrogens is 362 g/mol. The number of aromatic nitrogens is 1. The zero-order valence-electron chi connectivity index (χ0n) is 13.1. The molecule has 0 fully saturated rings. The molecule has 0 saturated heterocycles. The number of nitrogens with zero attached hydrogens (tertiary/aromatic N) is 1. The molecule has 3 rings (SSSR count). The second kappa shape index (κ2) is 7.84. The molecular formula is C21H17BrNO+. The zero-order valence-corrected chi connectivity index (χ0v) is 14.7. The lowest BCUT2D eigenvalue weighted by atomic mass is 10.1. The van der Waals surface area contributed by atoms with Gasteiger partial charge in [0.1, 0.15) is 0 Å². The van der Waals surface area contributed by atoms with Gasteiger partial charge >= 0.3 is 0 Å². The summed E-state index contributed by atoms with van der Waals surface area (Å²) in [5, 5.41) is 0. The van der Waals surface area contributed by atoms with Crippen molar-refractivity contribution in [1.29, 1.82) is 0 Å². The van der Waals surface area contributed by atoms with E-state index in [2.05, 4.69) is 34.1 Å². The van der Waals surface area contributed by atoms with Crippen LogP contribution in [0.15, 0.2) is 83.5 Å². The lowest BCUT2D eigenvalue weighted by Crippen LogP contribution is -2.40. The van der Waals surface area contributed by atoms with Crippen molar-refractivity contribution < 1.29 is 9.36 Å². The van der Waals surface area contributed by atoms with E-state index in [-0.39, 0.29) is 5.78 Å². The number of pyridine rings is 1. The van der Waals surface area contributed by atoms with Gasteiger partial charge in [-0.05, 0) is 29.8 Å². The molecule has 118 valence electrons. The van der Waals surface area contributed by atoms with E-state index in [9.17, 15) is 4.79 Å². The van der Waals surface area contributed by atoms with Gasteiger partial charge < -0.3 is 0 Å². The lowest BCUT2D eigenvalue weighted by molar-refractivity contribution is -0.684. The van der Waals surface area contributed by atoms with Crippen LogP contribution in [0.25, 0.3) is 12.2 Å². The standard InChI is InChI=1S/C21H17BrNO/c22-19-12-10-18(11-13-19)21(24)16-23-15-5-4-8-20(23)14-9-17-6-2-1-3-7-17/h1-15H,16H2/q+1/b14-9+. The normalized spacial score (nSPS) is 10.9. The van der Waals surface area contributed by atoms with Crippen molar-refractivity contribution in [3.05, 3.63) is 100 Å². The van der Waals surface area contributed by atoms with Gasteiger partial charge in [-0.3, -0.25) is 4.79 Å². The summed E-state index contributed by atoms with van der Waals surface area (Å²) in [5.74, 6) is 0.0908. The molecule has 2 aromatic carbocycles. The molecule has 1 aromatic heterocycles. The van der Waals surface area contributed by atoms with Crippen LogP contribution >= 0.6 is 15.9 Å². The van der Waals surface area contributed by atoms with Gasteiger partial charge in [0.25, 0.3) is 0 Å². The van der Waals surface area contributed by atoms with Crippen LogP contribution in [-0.4, -0.2) is 5.78 Å². The van der Waals surface area contributed by atoms with Crippen LogP contribution in [0.5, 0.6) is 0 Å². The smallest absolute Gasteiger partial charge is 0.227 e. The molecule has 0 amide bonds. The zero-order chi connectivity index (χ0) is 16.8. The Balaban J connectivity index is 1.80. The number of halogens is 1. The fourth-order valence-corrected chi connectivity index (χ4v) is 2.68. The van der Waals surface area contributed by atoms with Gasteiger partial charge in [-0.25, -0.2) is 0 Å². The maximum atomic E-state index is 12.5. The van der Waals surface area contributed by atoms with E-state index in [1.807, 2.05) is 77.5 Å². The number of benzene rings is 2. The largest absolute Gasteiger partial charge is 0.287 e.